The molecule has 4 aliphatic heterocycles. The van der Waals surface area contributed by atoms with E-state index in [2.05, 4.69) is 81.4 Å². The van der Waals surface area contributed by atoms with Crippen LogP contribution < -0.4 is 10.4 Å². The van der Waals surface area contributed by atoms with E-state index in [0.717, 1.165) is 0 Å². The molecule has 0 bridgehead atoms. The van der Waals surface area contributed by atoms with Gasteiger partial charge in [0, 0.05) is 0 Å². The lowest BCUT2D eigenvalue weighted by molar-refractivity contribution is -0.237. The second-order valence-corrected chi connectivity index (χ2v) is 17.1. The highest BCUT2D eigenvalue weighted by Crippen LogP contribution is 2.48. The Kier molecular flexibility index (Phi) is 6.44. The molecule has 7 nitrogen and oxygen atoms in total. The van der Waals surface area contributed by atoms with Crippen LogP contribution in [0.25, 0.3) is 0 Å². The number of epoxide rings is 1. The van der Waals surface area contributed by atoms with Crippen molar-refractivity contribution in [3.63, 3.8) is 0 Å². The van der Waals surface area contributed by atoms with Gasteiger partial charge in [-0.3, -0.25) is 0 Å². The second-order valence-electron chi connectivity index (χ2n) is 12.7. The second kappa shape index (κ2) is 9.21. The van der Waals surface area contributed by atoms with Gasteiger partial charge in [-0.25, -0.2) is 0 Å². The van der Waals surface area contributed by atoms with Crippen LogP contribution >= 0.6 is 0 Å². The summed E-state index contributed by atoms with van der Waals surface area (Å²) in [7, 11) is -2.66. The van der Waals surface area contributed by atoms with Gasteiger partial charge in [0.1, 0.15) is 36.6 Å². The van der Waals surface area contributed by atoms with Crippen molar-refractivity contribution in [1.29, 1.82) is 0 Å². The lowest BCUT2D eigenvalue weighted by atomic mass is 9.96. The fraction of sp³-hybridized carbons (Fsp3) is 0.600. The van der Waals surface area contributed by atoms with E-state index in [9.17, 15) is 0 Å². The Morgan fingerprint density at radius 1 is 0.658 bits per heavy atom. The van der Waals surface area contributed by atoms with Gasteiger partial charge < -0.3 is 32.8 Å². The van der Waals surface area contributed by atoms with Gasteiger partial charge in [-0.05, 0) is 43.1 Å². The number of benzene rings is 2. The van der Waals surface area contributed by atoms with Crippen LogP contribution in [0.5, 0.6) is 0 Å². The normalized spacial score (nSPS) is 35.5. The summed E-state index contributed by atoms with van der Waals surface area (Å²) < 4.78 is 44.7. The van der Waals surface area contributed by atoms with Crippen molar-refractivity contribution in [1.82, 2.24) is 0 Å². The van der Waals surface area contributed by atoms with Crippen LogP contribution in [0.4, 0.5) is 0 Å². The predicted molar refractivity (Wildman–Crippen MR) is 145 cm³/mol. The molecule has 2 aromatic rings. The lowest BCUT2D eigenvalue weighted by Gasteiger charge is -2.43. The molecular formula is C30H40O7Si. The Labute approximate surface area is 226 Å². The first kappa shape index (κ1) is 26.6. The maximum atomic E-state index is 7.11. The van der Waals surface area contributed by atoms with Crippen LogP contribution in [-0.4, -0.2) is 69.4 Å². The molecule has 4 aliphatic rings. The molecule has 8 heteroatoms. The molecule has 6 rings (SSSR count). The van der Waals surface area contributed by atoms with Gasteiger partial charge in [-0.2, -0.15) is 0 Å². The molecule has 7 atom stereocenters. The quantitative estimate of drug-likeness (QED) is 0.409. The van der Waals surface area contributed by atoms with Gasteiger partial charge in [0.25, 0.3) is 8.32 Å². The topological polar surface area (TPSA) is 67.9 Å². The molecule has 206 valence electrons. The van der Waals surface area contributed by atoms with E-state index in [4.69, 9.17) is 32.8 Å². The van der Waals surface area contributed by atoms with Crippen LogP contribution in [0.2, 0.25) is 5.04 Å². The van der Waals surface area contributed by atoms with Crippen LogP contribution in [0.3, 0.4) is 0 Å². The molecular weight excluding hydrogens is 500 g/mol. The summed E-state index contributed by atoms with van der Waals surface area (Å²) in [5.74, 6) is -1.49. The molecule has 0 amide bonds. The lowest BCUT2D eigenvalue weighted by Crippen LogP contribution is -2.67. The van der Waals surface area contributed by atoms with Gasteiger partial charge >= 0.3 is 0 Å². The fourth-order valence-electron chi connectivity index (χ4n) is 6.46. The van der Waals surface area contributed by atoms with Crippen LogP contribution in [0.15, 0.2) is 60.7 Å². The van der Waals surface area contributed by atoms with Crippen LogP contribution in [0.1, 0.15) is 48.5 Å². The molecule has 4 heterocycles. The van der Waals surface area contributed by atoms with E-state index in [1.165, 1.54) is 10.4 Å². The first-order valence-corrected chi connectivity index (χ1v) is 15.6. The zero-order valence-corrected chi connectivity index (χ0v) is 24.4. The zero-order valence-electron chi connectivity index (χ0n) is 23.4. The van der Waals surface area contributed by atoms with Crippen molar-refractivity contribution < 1.29 is 32.8 Å². The molecule has 0 aromatic heterocycles. The van der Waals surface area contributed by atoms with Crippen molar-refractivity contribution in [2.24, 2.45) is 0 Å². The number of hydrogen-bond acceptors (Lipinski definition) is 7. The Balaban J connectivity index is 1.25. The average Bonchev–Trinajstić information content (AvgIpc) is 3.44. The highest BCUT2D eigenvalue weighted by Gasteiger charge is 2.65. The highest BCUT2D eigenvalue weighted by atomic mass is 28.4. The van der Waals surface area contributed by atoms with Crippen molar-refractivity contribution in [3.05, 3.63) is 60.7 Å². The minimum absolute atomic E-state index is 0.104. The maximum Gasteiger partial charge on any atom is 0.261 e. The third-order valence-electron chi connectivity index (χ3n) is 8.02. The summed E-state index contributed by atoms with van der Waals surface area (Å²) in [6, 6.07) is 21.3. The summed E-state index contributed by atoms with van der Waals surface area (Å²) in [5, 5.41) is 2.40. The molecule has 38 heavy (non-hydrogen) atoms. The summed E-state index contributed by atoms with van der Waals surface area (Å²) in [6.45, 7) is 15.0. The van der Waals surface area contributed by atoms with E-state index >= 15 is 0 Å². The smallest absolute Gasteiger partial charge is 0.261 e. The monoisotopic (exact) mass is 540 g/mol. The molecule has 0 spiro atoms. The summed E-state index contributed by atoms with van der Waals surface area (Å²) in [5.41, 5.74) is 0. The molecule has 0 saturated carbocycles. The summed E-state index contributed by atoms with van der Waals surface area (Å²) in [6.07, 6.45) is -2.11. The SMILES string of the molecule is CC1(C)O[C@H]2[C@@H]([C@H]3O[C@@H]3CO[Si](c3ccccc3)(c3ccccc3)C(C)(C)C)O[C@@H]3OC(C)(C)O[C@@H]3[C@H]2O1. The average molecular weight is 541 g/mol. The maximum absolute atomic E-state index is 7.11. The summed E-state index contributed by atoms with van der Waals surface area (Å²) in [4.78, 5) is 0. The molecule has 4 fully saturated rings. The van der Waals surface area contributed by atoms with E-state index < -0.39 is 26.2 Å². The van der Waals surface area contributed by atoms with Crippen LogP contribution in [0, 0.1) is 0 Å². The molecule has 0 radical (unpaired) electrons. The molecule has 0 unspecified atom stereocenters. The Morgan fingerprint density at radius 2 is 1.16 bits per heavy atom. The van der Waals surface area contributed by atoms with Crippen molar-refractivity contribution >= 4 is 18.7 Å². The summed E-state index contributed by atoms with van der Waals surface area (Å²) >= 11 is 0. The Hall–Kier alpha value is -1.62. The standard InChI is InChI=1S/C30H40O7Si/c1-28(2,3)38(19-14-10-8-11-15-19,20-16-12-9-13-17-20)31-18-21-22(32-21)23-24-25(35-29(4,5)34-24)26-27(33-23)37-30(6,7)36-26/h8-17,21-27H,18H2,1-7H3/t21-,22+,23-,24+,25+,26-,27-/m1/s1. The van der Waals surface area contributed by atoms with Crippen molar-refractivity contribution in [2.75, 3.05) is 6.61 Å². The molecule has 4 saturated heterocycles. The van der Waals surface area contributed by atoms with E-state index in [-0.39, 0.29) is 41.7 Å². The van der Waals surface area contributed by atoms with Gasteiger partial charge in [-0.1, -0.05) is 81.4 Å². The molecule has 0 aliphatic carbocycles. The molecule has 2 aromatic carbocycles. The van der Waals surface area contributed by atoms with Crippen molar-refractivity contribution in [2.45, 2.75) is 108 Å². The fourth-order valence-corrected chi connectivity index (χ4v) is 11.0. The van der Waals surface area contributed by atoms with Crippen LogP contribution in [-0.2, 0) is 32.8 Å². The number of fused-ring (bicyclic) bond motifs is 3. The first-order valence-electron chi connectivity index (χ1n) is 13.7. The van der Waals surface area contributed by atoms with Gasteiger partial charge in [0.05, 0.1) is 6.61 Å². The highest BCUT2D eigenvalue weighted by molar-refractivity contribution is 6.99. The van der Waals surface area contributed by atoms with E-state index in [1.807, 2.05) is 27.7 Å². The number of hydrogen-bond donors (Lipinski definition) is 0. The minimum Gasteiger partial charge on any atom is -0.405 e. The Bertz CT molecular complexity index is 1090. The third kappa shape index (κ3) is 4.59. The van der Waals surface area contributed by atoms with E-state index in [0.29, 0.717) is 6.61 Å². The van der Waals surface area contributed by atoms with E-state index in [1.54, 1.807) is 0 Å². The van der Waals surface area contributed by atoms with Gasteiger partial charge in [0.15, 0.2) is 17.9 Å². The first-order chi connectivity index (χ1) is 17.9. The zero-order chi connectivity index (χ0) is 26.9. The van der Waals surface area contributed by atoms with Gasteiger partial charge in [0.2, 0.25) is 0 Å². The predicted octanol–water partition coefficient (Wildman–Crippen LogP) is 3.73. The molecule has 0 N–H and O–H groups in total. The minimum atomic E-state index is -2.66. The van der Waals surface area contributed by atoms with Gasteiger partial charge in [-0.15, -0.1) is 0 Å². The largest absolute Gasteiger partial charge is 0.405 e. The number of ether oxygens (including phenoxy) is 6. The van der Waals surface area contributed by atoms with Crippen molar-refractivity contribution in [3.8, 4) is 0 Å². The Morgan fingerprint density at radius 3 is 1.71 bits per heavy atom. The third-order valence-corrected chi connectivity index (χ3v) is 13.0. The number of rotatable bonds is 6.